The van der Waals surface area contributed by atoms with Gasteiger partial charge >= 0.3 is 0 Å². The van der Waals surface area contributed by atoms with Gasteiger partial charge in [0.25, 0.3) is 11.8 Å². The van der Waals surface area contributed by atoms with Gasteiger partial charge in [-0.2, -0.15) is 0 Å². The number of anilines is 2. The van der Waals surface area contributed by atoms with E-state index >= 15 is 0 Å². The van der Waals surface area contributed by atoms with Gasteiger partial charge in [0, 0.05) is 12.7 Å². The maximum absolute atomic E-state index is 13.5. The highest BCUT2D eigenvalue weighted by Gasteiger charge is 2.43. The van der Waals surface area contributed by atoms with Gasteiger partial charge in [0.05, 0.1) is 21.3 Å². The summed E-state index contributed by atoms with van der Waals surface area (Å²) >= 11 is 12.5. The lowest BCUT2D eigenvalue weighted by Gasteiger charge is -2.22. The van der Waals surface area contributed by atoms with Crippen LogP contribution in [0.15, 0.2) is 78.5 Å². The molecule has 30 heavy (non-hydrogen) atoms. The Morgan fingerprint density at radius 3 is 2.13 bits per heavy atom. The first kappa shape index (κ1) is 20.2. The number of likely N-dealkylation sites (N-methyl/N-ethyl adjacent to an activating group) is 1. The molecule has 1 aliphatic heterocycles. The zero-order valence-electron chi connectivity index (χ0n) is 16.4. The first-order chi connectivity index (χ1) is 14.4. The molecule has 0 bridgehead atoms. The molecule has 0 unspecified atom stereocenters. The van der Waals surface area contributed by atoms with E-state index in [-0.39, 0.29) is 21.4 Å². The summed E-state index contributed by atoms with van der Waals surface area (Å²) in [5, 5.41) is 0.434. The molecule has 2 amide bonds. The van der Waals surface area contributed by atoms with Crippen molar-refractivity contribution in [2.75, 3.05) is 16.8 Å². The number of carbonyl (C=O) groups is 2. The van der Waals surface area contributed by atoms with E-state index in [4.69, 9.17) is 23.2 Å². The Hall–Kier alpha value is -3.08. The van der Waals surface area contributed by atoms with Gasteiger partial charge in [-0.1, -0.05) is 77.3 Å². The second-order valence-electron chi connectivity index (χ2n) is 7.00. The van der Waals surface area contributed by atoms with Crippen LogP contribution in [0, 0.1) is 6.92 Å². The zero-order chi connectivity index (χ0) is 21.4. The fraction of sp³-hybridized carbons (Fsp3) is 0.0833. The lowest BCUT2D eigenvalue weighted by Crippen LogP contribution is -2.34. The van der Waals surface area contributed by atoms with E-state index in [9.17, 15) is 9.59 Å². The normalized spacial score (nSPS) is 13.9. The molecule has 4 nitrogen and oxygen atoms in total. The summed E-state index contributed by atoms with van der Waals surface area (Å²) in [5.74, 6) is -0.892. The lowest BCUT2D eigenvalue weighted by atomic mass is 10.0. The van der Waals surface area contributed by atoms with Gasteiger partial charge in [-0.15, -0.1) is 0 Å². The minimum absolute atomic E-state index is 0.160. The zero-order valence-corrected chi connectivity index (χ0v) is 17.9. The van der Waals surface area contributed by atoms with Crippen LogP contribution in [0.5, 0.6) is 0 Å². The van der Waals surface area contributed by atoms with E-state index < -0.39 is 11.8 Å². The van der Waals surface area contributed by atoms with Gasteiger partial charge < -0.3 is 4.90 Å². The molecule has 150 valence electrons. The highest BCUT2D eigenvalue weighted by Crippen LogP contribution is 2.40. The summed E-state index contributed by atoms with van der Waals surface area (Å²) in [5.41, 5.74) is 3.38. The minimum atomic E-state index is -0.453. The van der Waals surface area contributed by atoms with Crippen LogP contribution in [0.2, 0.25) is 10.0 Å². The van der Waals surface area contributed by atoms with Crippen LogP contribution in [0.25, 0.3) is 5.57 Å². The molecule has 0 aliphatic carbocycles. The third-order valence-electron chi connectivity index (χ3n) is 5.05. The maximum Gasteiger partial charge on any atom is 0.282 e. The number of imide groups is 1. The second-order valence-corrected chi connectivity index (χ2v) is 7.79. The number of hydrogen-bond acceptors (Lipinski definition) is 3. The summed E-state index contributed by atoms with van der Waals surface area (Å²) in [6.07, 6.45) is 0. The molecule has 0 spiro atoms. The molecule has 3 aromatic rings. The Bertz CT molecular complexity index is 1170. The van der Waals surface area contributed by atoms with Crippen molar-refractivity contribution < 1.29 is 9.59 Å². The number of halogens is 2. The molecule has 0 saturated carbocycles. The van der Waals surface area contributed by atoms with Crippen LogP contribution in [-0.2, 0) is 9.59 Å². The quantitative estimate of drug-likeness (QED) is 0.490. The van der Waals surface area contributed by atoms with Crippen LogP contribution in [0.1, 0.15) is 11.1 Å². The minimum Gasteiger partial charge on any atom is -0.339 e. The maximum atomic E-state index is 13.5. The molecular formula is C24H18Cl2N2O2. The number of hydrogen-bond donors (Lipinski definition) is 0. The van der Waals surface area contributed by atoms with Crippen molar-refractivity contribution in [3.63, 3.8) is 0 Å². The molecule has 1 heterocycles. The summed E-state index contributed by atoms with van der Waals surface area (Å²) in [7, 11) is 1.77. The average molecular weight is 437 g/mol. The summed E-state index contributed by atoms with van der Waals surface area (Å²) in [6, 6.07) is 21.8. The summed E-state index contributed by atoms with van der Waals surface area (Å²) < 4.78 is 0. The topological polar surface area (TPSA) is 40.6 Å². The third kappa shape index (κ3) is 3.38. The summed E-state index contributed by atoms with van der Waals surface area (Å²) in [6.45, 7) is 1.97. The van der Waals surface area contributed by atoms with E-state index in [2.05, 4.69) is 0 Å². The first-order valence-electron chi connectivity index (χ1n) is 9.33. The molecule has 1 aliphatic rings. The molecule has 4 rings (SSSR count). The second kappa shape index (κ2) is 7.98. The number of benzene rings is 3. The van der Waals surface area contributed by atoms with Crippen molar-refractivity contribution in [1.82, 2.24) is 0 Å². The van der Waals surface area contributed by atoms with E-state index in [1.807, 2.05) is 61.5 Å². The van der Waals surface area contributed by atoms with Crippen molar-refractivity contribution in [2.45, 2.75) is 6.92 Å². The Kier molecular flexibility index (Phi) is 5.37. The van der Waals surface area contributed by atoms with Crippen LogP contribution < -0.4 is 9.80 Å². The van der Waals surface area contributed by atoms with Crippen molar-refractivity contribution in [1.29, 1.82) is 0 Å². The Morgan fingerprint density at radius 2 is 1.47 bits per heavy atom. The third-order valence-corrected chi connectivity index (χ3v) is 5.86. The molecule has 0 N–H and O–H groups in total. The highest BCUT2D eigenvalue weighted by molar-refractivity contribution is 6.50. The van der Waals surface area contributed by atoms with Gasteiger partial charge in [-0.05, 0) is 36.8 Å². The Morgan fingerprint density at radius 1 is 0.800 bits per heavy atom. The Balaban J connectivity index is 1.91. The number of rotatable bonds is 4. The Labute approximate surface area is 184 Å². The molecular weight excluding hydrogens is 419 g/mol. The van der Waals surface area contributed by atoms with Gasteiger partial charge in [-0.3, -0.25) is 9.59 Å². The number of carbonyl (C=O) groups excluding carboxylic acids is 2. The van der Waals surface area contributed by atoms with Crippen LogP contribution in [0.3, 0.4) is 0 Å². The SMILES string of the molecule is Cc1ccc(C2=C(N(C)c3ccccc3)C(=O)N(c3cccc(Cl)c3Cl)C2=O)cc1. The van der Waals surface area contributed by atoms with Crippen LogP contribution >= 0.6 is 23.2 Å². The number of nitrogens with zero attached hydrogens (tertiary/aromatic N) is 2. The summed E-state index contributed by atoms with van der Waals surface area (Å²) in [4.78, 5) is 29.9. The van der Waals surface area contributed by atoms with E-state index in [0.717, 1.165) is 16.2 Å². The predicted molar refractivity (Wildman–Crippen MR) is 122 cm³/mol. The van der Waals surface area contributed by atoms with Crippen molar-refractivity contribution in [2.24, 2.45) is 0 Å². The van der Waals surface area contributed by atoms with E-state index in [1.54, 1.807) is 30.1 Å². The van der Waals surface area contributed by atoms with Crippen molar-refractivity contribution >= 4 is 52.0 Å². The number of para-hydroxylation sites is 1. The fourth-order valence-corrected chi connectivity index (χ4v) is 3.85. The highest BCUT2D eigenvalue weighted by atomic mass is 35.5. The molecule has 0 saturated heterocycles. The molecule has 6 heteroatoms. The molecule has 0 aromatic heterocycles. The largest absolute Gasteiger partial charge is 0.339 e. The van der Waals surface area contributed by atoms with E-state index in [1.165, 1.54) is 0 Å². The lowest BCUT2D eigenvalue weighted by molar-refractivity contribution is -0.120. The molecule has 0 fully saturated rings. The average Bonchev–Trinajstić information content (AvgIpc) is 3.01. The number of amides is 2. The van der Waals surface area contributed by atoms with E-state index in [0.29, 0.717) is 11.1 Å². The number of aryl methyl sites for hydroxylation is 1. The van der Waals surface area contributed by atoms with Gasteiger partial charge in [-0.25, -0.2) is 4.90 Å². The first-order valence-corrected chi connectivity index (χ1v) is 10.1. The van der Waals surface area contributed by atoms with Crippen molar-refractivity contribution in [3.8, 4) is 0 Å². The molecule has 3 aromatic carbocycles. The van der Waals surface area contributed by atoms with Gasteiger partial charge in [0.15, 0.2) is 0 Å². The van der Waals surface area contributed by atoms with Crippen molar-refractivity contribution in [3.05, 3.63) is 99.7 Å². The molecule has 0 radical (unpaired) electrons. The van der Waals surface area contributed by atoms with Crippen LogP contribution in [0.4, 0.5) is 11.4 Å². The van der Waals surface area contributed by atoms with Crippen LogP contribution in [-0.4, -0.2) is 18.9 Å². The fourth-order valence-electron chi connectivity index (χ4n) is 3.47. The van der Waals surface area contributed by atoms with Gasteiger partial charge in [0.1, 0.15) is 5.70 Å². The monoisotopic (exact) mass is 436 g/mol. The predicted octanol–water partition coefficient (Wildman–Crippen LogP) is 5.72. The molecule has 0 atom stereocenters. The van der Waals surface area contributed by atoms with Gasteiger partial charge in [0.2, 0.25) is 0 Å². The standard InChI is InChI=1S/C24H18Cl2N2O2/c1-15-11-13-16(14-12-15)20-22(27(2)17-7-4-3-5-8-17)24(30)28(23(20)29)19-10-6-9-18(25)21(19)26/h3-14H,1-2H3. The smallest absolute Gasteiger partial charge is 0.282 e.